The summed E-state index contributed by atoms with van der Waals surface area (Å²) in [6.07, 6.45) is 5.58. The molecule has 0 aromatic heterocycles. The fourth-order valence-corrected chi connectivity index (χ4v) is 2.35. The average molecular weight is 291 g/mol. The van der Waals surface area contributed by atoms with Crippen molar-refractivity contribution in [3.05, 3.63) is 35.9 Å². The van der Waals surface area contributed by atoms with Gasteiger partial charge in [-0.1, -0.05) is 44.2 Å². The molecule has 0 bridgehead atoms. The quantitative estimate of drug-likeness (QED) is 0.608. The minimum absolute atomic E-state index is 0.107. The van der Waals surface area contributed by atoms with Gasteiger partial charge in [0.15, 0.2) is 0 Å². The van der Waals surface area contributed by atoms with Crippen LogP contribution in [-0.2, 0) is 11.2 Å². The molecule has 0 aliphatic carbocycles. The Morgan fingerprint density at radius 3 is 2.48 bits per heavy atom. The SMILES string of the molecule is CC(C)(CCNCCCCc1ccccc1)CCC(=O)O. The highest BCUT2D eigenvalue weighted by atomic mass is 16.4. The van der Waals surface area contributed by atoms with Crippen molar-refractivity contribution in [3.8, 4) is 0 Å². The highest BCUT2D eigenvalue weighted by Gasteiger charge is 2.18. The number of unbranched alkanes of at least 4 members (excludes halogenated alkanes) is 1. The minimum Gasteiger partial charge on any atom is -0.481 e. The van der Waals surface area contributed by atoms with Crippen LogP contribution in [0, 0.1) is 5.41 Å². The highest BCUT2D eigenvalue weighted by Crippen LogP contribution is 2.25. The van der Waals surface area contributed by atoms with Crippen LogP contribution >= 0.6 is 0 Å². The second kappa shape index (κ2) is 9.56. The molecule has 0 spiro atoms. The van der Waals surface area contributed by atoms with Crippen LogP contribution in [0.2, 0.25) is 0 Å². The third-order valence-corrected chi connectivity index (χ3v) is 3.91. The first kappa shape index (κ1) is 17.7. The molecule has 0 saturated heterocycles. The summed E-state index contributed by atoms with van der Waals surface area (Å²) in [7, 11) is 0. The first-order valence-corrected chi connectivity index (χ1v) is 7.96. The van der Waals surface area contributed by atoms with E-state index >= 15 is 0 Å². The van der Waals surface area contributed by atoms with Gasteiger partial charge in [-0.3, -0.25) is 4.79 Å². The summed E-state index contributed by atoms with van der Waals surface area (Å²) in [4.78, 5) is 10.6. The standard InChI is InChI=1S/C18H29NO2/c1-18(2,12-11-17(20)21)13-15-19-14-7-6-10-16-8-4-3-5-9-16/h3-5,8-9,19H,6-7,10-15H2,1-2H3,(H,20,21). The van der Waals surface area contributed by atoms with Crippen molar-refractivity contribution in [1.82, 2.24) is 5.32 Å². The van der Waals surface area contributed by atoms with Gasteiger partial charge in [0.05, 0.1) is 0 Å². The number of rotatable bonds is 11. The van der Waals surface area contributed by atoms with Crippen LogP contribution in [0.15, 0.2) is 30.3 Å². The molecule has 3 heteroatoms. The van der Waals surface area contributed by atoms with Crippen molar-refractivity contribution in [3.63, 3.8) is 0 Å². The molecule has 21 heavy (non-hydrogen) atoms. The van der Waals surface area contributed by atoms with Gasteiger partial charge in [0.2, 0.25) is 0 Å². The minimum atomic E-state index is -0.697. The van der Waals surface area contributed by atoms with Gasteiger partial charge in [-0.25, -0.2) is 0 Å². The summed E-state index contributed by atoms with van der Waals surface area (Å²) < 4.78 is 0. The third kappa shape index (κ3) is 9.24. The molecule has 1 aromatic rings. The molecular weight excluding hydrogens is 262 g/mol. The number of hydrogen-bond donors (Lipinski definition) is 2. The van der Waals surface area contributed by atoms with Gasteiger partial charge in [-0.15, -0.1) is 0 Å². The van der Waals surface area contributed by atoms with Crippen LogP contribution in [0.25, 0.3) is 0 Å². The predicted molar refractivity (Wildman–Crippen MR) is 87.5 cm³/mol. The van der Waals surface area contributed by atoms with Crippen molar-refractivity contribution < 1.29 is 9.90 Å². The molecule has 118 valence electrons. The molecule has 0 aliphatic heterocycles. The van der Waals surface area contributed by atoms with Gasteiger partial charge in [0.1, 0.15) is 0 Å². The van der Waals surface area contributed by atoms with Crippen LogP contribution in [0.5, 0.6) is 0 Å². The first-order chi connectivity index (χ1) is 9.99. The molecule has 0 amide bonds. The van der Waals surface area contributed by atoms with Crippen LogP contribution in [0.1, 0.15) is 51.5 Å². The van der Waals surface area contributed by atoms with Gasteiger partial charge in [-0.05, 0) is 56.2 Å². The van der Waals surface area contributed by atoms with E-state index in [1.165, 1.54) is 18.4 Å². The van der Waals surface area contributed by atoms with Gasteiger partial charge in [0.25, 0.3) is 0 Å². The summed E-state index contributed by atoms with van der Waals surface area (Å²) in [6, 6.07) is 10.6. The fraction of sp³-hybridized carbons (Fsp3) is 0.611. The molecule has 0 heterocycles. The number of aliphatic carboxylic acids is 1. The lowest BCUT2D eigenvalue weighted by Crippen LogP contribution is -2.24. The van der Waals surface area contributed by atoms with E-state index in [0.29, 0.717) is 0 Å². The summed E-state index contributed by atoms with van der Waals surface area (Å²) in [5.74, 6) is -0.697. The van der Waals surface area contributed by atoms with Gasteiger partial charge >= 0.3 is 5.97 Å². The maximum absolute atomic E-state index is 10.6. The number of nitrogens with one attached hydrogen (secondary N) is 1. The Balaban J connectivity index is 2.00. The molecule has 0 unspecified atom stereocenters. The number of carbonyl (C=O) groups is 1. The van der Waals surface area contributed by atoms with Crippen molar-refractivity contribution >= 4 is 5.97 Å². The van der Waals surface area contributed by atoms with Gasteiger partial charge < -0.3 is 10.4 Å². The first-order valence-electron chi connectivity index (χ1n) is 7.96. The fourth-order valence-electron chi connectivity index (χ4n) is 2.35. The largest absolute Gasteiger partial charge is 0.481 e. The van der Waals surface area contributed by atoms with E-state index in [-0.39, 0.29) is 11.8 Å². The summed E-state index contributed by atoms with van der Waals surface area (Å²) in [5, 5.41) is 12.2. The monoisotopic (exact) mass is 291 g/mol. The molecular formula is C18H29NO2. The van der Waals surface area contributed by atoms with E-state index in [4.69, 9.17) is 5.11 Å². The summed E-state index contributed by atoms with van der Waals surface area (Å²) in [5.41, 5.74) is 1.52. The average Bonchev–Trinajstić information content (AvgIpc) is 2.45. The molecule has 1 aromatic carbocycles. The Hall–Kier alpha value is -1.35. The second-order valence-electron chi connectivity index (χ2n) is 6.50. The zero-order valence-corrected chi connectivity index (χ0v) is 13.4. The number of carboxylic acids is 1. The predicted octanol–water partition coefficient (Wildman–Crippen LogP) is 3.88. The Bertz CT molecular complexity index is 401. The van der Waals surface area contributed by atoms with Crippen LogP contribution in [0.3, 0.4) is 0 Å². The molecule has 3 nitrogen and oxygen atoms in total. The van der Waals surface area contributed by atoms with Crippen LogP contribution in [0.4, 0.5) is 0 Å². The summed E-state index contributed by atoms with van der Waals surface area (Å²) >= 11 is 0. The van der Waals surface area contributed by atoms with Crippen LogP contribution in [-0.4, -0.2) is 24.2 Å². The zero-order valence-electron chi connectivity index (χ0n) is 13.4. The maximum atomic E-state index is 10.6. The smallest absolute Gasteiger partial charge is 0.303 e. The molecule has 0 aliphatic rings. The summed E-state index contributed by atoms with van der Waals surface area (Å²) in [6.45, 7) is 6.31. The normalized spacial score (nSPS) is 11.5. The zero-order chi connectivity index (χ0) is 15.6. The lowest BCUT2D eigenvalue weighted by molar-refractivity contribution is -0.137. The third-order valence-electron chi connectivity index (χ3n) is 3.91. The van der Waals surface area contributed by atoms with Crippen molar-refractivity contribution in [2.75, 3.05) is 13.1 Å². The lowest BCUT2D eigenvalue weighted by Gasteiger charge is -2.23. The van der Waals surface area contributed by atoms with Crippen molar-refractivity contribution in [2.24, 2.45) is 5.41 Å². The van der Waals surface area contributed by atoms with Crippen molar-refractivity contribution in [1.29, 1.82) is 0 Å². The molecule has 0 fully saturated rings. The molecule has 0 radical (unpaired) electrons. The molecule has 1 rings (SSSR count). The lowest BCUT2D eigenvalue weighted by atomic mass is 9.84. The van der Waals surface area contributed by atoms with E-state index in [1.54, 1.807) is 0 Å². The van der Waals surface area contributed by atoms with E-state index in [0.717, 1.165) is 32.4 Å². The number of aryl methyl sites for hydroxylation is 1. The molecule has 2 N–H and O–H groups in total. The number of carboxylic acid groups (broad SMARTS) is 1. The maximum Gasteiger partial charge on any atom is 0.303 e. The second-order valence-corrected chi connectivity index (χ2v) is 6.50. The van der Waals surface area contributed by atoms with E-state index < -0.39 is 5.97 Å². The van der Waals surface area contributed by atoms with E-state index in [2.05, 4.69) is 49.5 Å². The van der Waals surface area contributed by atoms with Crippen molar-refractivity contribution in [2.45, 2.75) is 52.4 Å². The Morgan fingerprint density at radius 2 is 1.81 bits per heavy atom. The highest BCUT2D eigenvalue weighted by molar-refractivity contribution is 5.66. The molecule has 0 saturated carbocycles. The Kier molecular flexibility index (Phi) is 8.06. The number of hydrogen-bond acceptors (Lipinski definition) is 2. The van der Waals surface area contributed by atoms with Gasteiger partial charge in [-0.2, -0.15) is 0 Å². The number of benzene rings is 1. The Morgan fingerprint density at radius 1 is 1.10 bits per heavy atom. The molecule has 0 atom stereocenters. The van der Waals surface area contributed by atoms with Gasteiger partial charge in [0, 0.05) is 6.42 Å². The topological polar surface area (TPSA) is 49.3 Å². The Labute approximate surface area is 128 Å². The van der Waals surface area contributed by atoms with E-state index in [1.807, 2.05) is 0 Å². The van der Waals surface area contributed by atoms with Crippen LogP contribution < -0.4 is 5.32 Å². The van der Waals surface area contributed by atoms with E-state index in [9.17, 15) is 4.79 Å².